The molecule has 3 aromatic rings. The molecule has 0 aliphatic rings. The Morgan fingerprint density at radius 2 is 2.12 bits per heavy atom. The Morgan fingerprint density at radius 1 is 1.29 bits per heavy atom. The van der Waals surface area contributed by atoms with E-state index in [0.29, 0.717) is 24.1 Å². The average Bonchev–Trinajstić information content (AvgIpc) is 3.02. The number of rotatable bonds is 5. The first kappa shape index (κ1) is 16.4. The van der Waals surface area contributed by atoms with Crippen molar-refractivity contribution in [2.75, 3.05) is 6.61 Å². The fourth-order valence-electron chi connectivity index (χ4n) is 2.50. The third-order valence-corrected chi connectivity index (χ3v) is 4.90. The summed E-state index contributed by atoms with van der Waals surface area (Å²) < 4.78 is 6.58. The lowest BCUT2D eigenvalue weighted by Gasteiger charge is -2.07. The van der Waals surface area contributed by atoms with Gasteiger partial charge in [-0.05, 0) is 37.1 Å². The molecular formula is C18H18N2O3S. The molecule has 24 heavy (non-hydrogen) atoms. The van der Waals surface area contributed by atoms with Crippen LogP contribution in [0.1, 0.15) is 34.6 Å². The van der Waals surface area contributed by atoms with Gasteiger partial charge in [-0.25, -0.2) is 9.78 Å². The van der Waals surface area contributed by atoms with Crippen LogP contribution in [0.15, 0.2) is 41.5 Å². The quantitative estimate of drug-likeness (QED) is 0.668. The Labute approximate surface area is 143 Å². The molecule has 0 atom stereocenters. The van der Waals surface area contributed by atoms with Crippen molar-refractivity contribution >= 4 is 27.5 Å². The predicted molar refractivity (Wildman–Crippen MR) is 94.8 cm³/mol. The minimum Gasteiger partial charge on any atom is -0.462 e. The van der Waals surface area contributed by atoms with E-state index in [1.807, 2.05) is 12.1 Å². The monoisotopic (exact) mass is 342 g/mol. The van der Waals surface area contributed by atoms with Crippen molar-refractivity contribution in [1.29, 1.82) is 0 Å². The van der Waals surface area contributed by atoms with Gasteiger partial charge in [-0.3, -0.25) is 9.36 Å². The molecule has 0 N–H and O–H groups in total. The fraction of sp³-hybridized carbons (Fsp3) is 0.278. The summed E-state index contributed by atoms with van der Waals surface area (Å²) in [7, 11) is 0. The van der Waals surface area contributed by atoms with Crippen LogP contribution in [0, 0.1) is 0 Å². The SMILES string of the molecule is CCOC(=O)c1cccc(Cn2cnc3sc(CC)cc3c2=O)c1. The van der Waals surface area contributed by atoms with Crippen LogP contribution in [0.3, 0.4) is 0 Å². The number of hydrogen-bond donors (Lipinski definition) is 0. The van der Waals surface area contributed by atoms with Crippen LogP contribution in [-0.2, 0) is 17.7 Å². The van der Waals surface area contributed by atoms with E-state index in [4.69, 9.17) is 4.74 Å². The van der Waals surface area contributed by atoms with Gasteiger partial charge in [0.25, 0.3) is 5.56 Å². The summed E-state index contributed by atoms with van der Waals surface area (Å²) >= 11 is 1.55. The van der Waals surface area contributed by atoms with E-state index in [1.165, 1.54) is 0 Å². The predicted octanol–water partition coefficient (Wildman–Crippen LogP) is 3.25. The Morgan fingerprint density at radius 3 is 2.88 bits per heavy atom. The minimum absolute atomic E-state index is 0.0579. The second-order valence-electron chi connectivity index (χ2n) is 5.38. The summed E-state index contributed by atoms with van der Waals surface area (Å²) in [5.41, 5.74) is 1.28. The average molecular weight is 342 g/mol. The van der Waals surface area contributed by atoms with Gasteiger partial charge < -0.3 is 4.74 Å². The van der Waals surface area contributed by atoms with Crippen LogP contribution < -0.4 is 5.56 Å². The Bertz CT molecular complexity index is 943. The van der Waals surface area contributed by atoms with E-state index in [0.717, 1.165) is 21.7 Å². The molecule has 0 aliphatic heterocycles. The first-order chi connectivity index (χ1) is 11.6. The highest BCUT2D eigenvalue weighted by atomic mass is 32.1. The van der Waals surface area contributed by atoms with Gasteiger partial charge in [0, 0.05) is 4.88 Å². The van der Waals surface area contributed by atoms with Gasteiger partial charge >= 0.3 is 5.97 Å². The zero-order chi connectivity index (χ0) is 17.1. The van der Waals surface area contributed by atoms with Gasteiger partial charge in [0.1, 0.15) is 4.83 Å². The van der Waals surface area contributed by atoms with Crippen molar-refractivity contribution in [3.05, 3.63) is 63.0 Å². The number of fused-ring (bicyclic) bond motifs is 1. The van der Waals surface area contributed by atoms with Gasteiger partial charge in [-0.1, -0.05) is 19.1 Å². The number of ether oxygens (including phenoxy) is 1. The van der Waals surface area contributed by atoms with Crippen molar-refractivity contribution in [1.82, 2.24) is 9.55 Å². The van der Waals surface area contributed by atoms with Crippen molar-refractivity contribution in [3.63, 3.8) is 0 Å². The van der Waals surface area contributed by atoms with Gasteiger partial charge in [0.15, 0.2) is 0 Å². The lowest BCUT2D eigenvalue weighted by Crippen LogP contribution is -2.20. The van der Waals surface area contributed by atoms with Crippen molar-refractivity contribution in [3.8, 4) is 0 Å². The first-order valence-corrected chi connectivity index (χ1v) is 8.68. The van der Waals surface area contributed by atoms with Crippen molar-refractivity contribution in [2.24, 2.45) is 0 Å². The number of aryl methyl sites for hydroxylation is 1. The van der Waals surface area contributed by atoms with E-state index in [-0.39, 0.29) is 11.5 Å². The van der Waals surface area contributed by atoms with Gasteiger partial charge in [-0.2, -0.15) is 0 Å². The Balaban J connectivity index is 1.92. The van der Waals surface area contributed by atoms with Crippen LogP contribution in [-0.4, -0.2) is 22.1 Å². The van der Waals surface area contributed by atoms with E-state index in [2.05, 4.69) is 11.9 Å². The summed E-state index contributed by atoms with van der Waals surface area (Å²) in [5, 5.41) is 0.654. The second-order valence-corrected chi connectivity index (χ2v) is 6.50. The number of carbonyl (C=O) groups excluding carboxylic acids is 1. The molecule has 124 valence electrons. The summed E-state index contributed by atoms with van der Waals surface area (Å²) in [4.78, 5) is 30.8. The standard InChI is InChI=1S/C18H18N2O3S/c1-3-14-9-15-16(24-14)19-11-20(17(15)21)10-12-6-5-7-13(8-12)18(22)23-4-2/h5-9,11H,3-4,10H2,1-2H3. The third kappa shape index (κ3) is 3.23. The fourth-order valence-corrected chi connectivity index (χ4v) is 3.43. The third-order valence-electron chi connectivity index (χ3n) is 3.71. The second kappa shape index (κ2) is 6.97. The molecule has 2 aromatic heterocycles. The molecule has 1 aromatic carbocycles. The zero-order valence-corrected chi connectivity index (χ0v) is 14.4. The minimum atomic E-state index is -0.356. The number of hydrogen-bond acceptors (Lipinski definition) is 5. The largest absolute Gasteiger partial charge is 0.462 e. The van der Waals surface area contributed by atoms with Gasteiger partial charge in [0.2, 0.25) is 0 Å². The van der Waals surface area contributed by atoms with Gasteiger partial charge in [-0.15, -0.1) is 11.3 Å². The molecular weight excluding hydrogens is 324 g/mol. The molecule has 3 rings (SSSR count). The summed E-state index contributed by atoms with van der Waals surface area (Å²) in [6, 6.07) is 9.04. The molecule has 6 heteroatoms. The first-order valence-electron chi connectivity index (χ1n) is 7.86. The maximum atomic E-state index is 12.6. The molecule has 0 bridgehead atoms. The molecule has 0 saturated carbocycles. The molecule has 0 aliphatic carbocycles. The Hall–Kier alpha value is -2.47. The smallest absolute Gasteiger partial charge is 0.338 e. The van der Waals surface area contributed by atoms with E-state index in [9.17, 15) is 9.59 Å². The molecule has 5 nitrogen and oxygen atoms in total. The number of nitrogens with zero attached hydrogens (tertiary/aromatic N) is 2. The number of esters is 1. The Kier molecular flexibility index (Phi) is 4.76. The van der Waals surface area contributed by atoms with Crippen LogP contribution in [0.5, 0.6) is 0 Å². The summed E-state index contributed by atoms with van der Waals surface area (Å²) in [5.74, 6) is -0.356. The van der Waals surface area contributed by atoms with Crippen molar-refractivity contribution < 1.29 is 9.53 Å². The van der Waals surface area contributed by atoms with Crippen LogP contribution in [0.4, 0.5) is 0 Å². The van der Waals surface area contributed by atoms with E-state index in [1.54, 1.807) is 47.4 Å². The highest BCUT2D eigenvalue weighted by molar-refractivity contribution is 7.18. The highest BCUT2D eigenvalue weighted by Gasteiger charge is 2.10. The maximum absolute atomic E-state index is 12.6. The lowest BCUT2D eigenvalue weighted by molar-refractivity contribution is 0.0526. The number of thiophene rings is 1. The molecule has 0 radical (unpaired) electrons. The molecule has 0 saturated heterocycles. The van der Waals surface area contributed by atoms with Crippen molar-refractivity contribution in [2.45, 2.75) is 26.8 Å². The molecule has 0 amide bonds. The summed E-state index contributed by atoms with van der Waals surface area (Å²) in [6.45, 7) is 4.53. The van der Waals surface area contributed by atoms with Gasteiger partial charge in [0.05, 0.1) is 30.4 Å². The number of carbonyl (C=O) groups is 1. The van der Waals surface area contributed by atoms with Crippen LogP contribution in [0.2, 0.25) is 0 Å². The number of aromatic nitrogens is 2. The normalized spacial score (nSPS) is 10.9. The molecule has 2 heterocycles. The molecule has 0 spiro atoms. The topological polar surface area (TPSA) is 61.2 Å². The maximum Gasteiger partial charge on any atom is 0.338 e. The van der Waals surface area contributed by atoms with Crippen LogP contribution >= 0.6 is 11.3 Å². The van der Waals surface area contributed by atoms with E-state index < -0.39 is 0 Å². The highest BCUT2D eigenvalue weighted by Crippen LogP contribution is 2.21. The number of benzene rings is 1. The zero-order valence-electron chi connectivity index (χ0n) is 13.6. The van der Waals surface area contributed by atoms with E-state index >= 15 is 0 Å². The molecule has 0 unspecified atom stereocenters. The molecule has 0 fully saturated rings. The van der Waals surface area contributed by atoms with Crippen LogP contribution in [0.25, 0.3) is 10.2 Å². The lowest BCUT2D eigenvalue weighted by atomic mass is 10.1. The summed E-state index contributed by atoms with van der Waals surface area (Å²) in [6.07, 6.45) is 2.46.